The van der Waals surface area contributed by atoms with Gasteiger partial charge in [-0.1, -0.05) is 188 Å². The SMILES string of the molecule is c1ccc(-c2ccccc2-c2ccccc2N(c2ccc(-c3cccc(-c4ccc5ccccc5c4)c3)cc2)c2ccccc2-n2c3ccccc3c3ccccc32)cc1. The Morgan fingerprint density at radius 3 is 1.55 bits per heavy atom. The van der Waals surface area contributed by atoms with Gasteiger partial charge in [-0.2, -0.15) is 0 Å². The van der Waals surface area contributed by atoms with E-state index >= 15 is 0 Å². The molecule has 282 valence electrons. The number of hydrogen-bond donors (Lipinski definition) is 0. The third-order valence-electron chi connectivity index (χ3n) is 11.8. The van der Waals surface area contributed by atoms with Gasteiger partial charge >= 0.3 is 0 Å². The lowest BCUT2D eigenvalue weighted by molar-refractivity contribution is 1.15. The molecule has 10 aromatic carbocycles. The van der Waals surface area contributed by atoms with Crippen LogP contribution in [0.2, 0.25) is 0 Å². The predicted molar refractivity (Wildman–Crippen MR) is 255 cm³/mol. The van der Waals surface area contributed by atoms with Gasteiger partial charge in [0.2, 0.25) is 0 Å². The second kappa shape index (κ2) is 15.1. The highest BCUT2D eigenvalue weighted by molar-refractivity contribution is 6.10. The first-order chi connectivity index (χ1) is 29.8. The Bertz CT molecular complexity index is 3270. The maximum Gasteiger partial charge on any atom is 0.0702 e. The van der Waals surface area contributed by atoms with E-state index in [1.54, 1.807) is 0 Å². The molecule has 11 aromatic rings. The molecule has 0 aliphatic heterocycles. The van der Waals surface area contributed by atoms with Crippen LogP contribution in [0.3, 0.4) is 0 Å². The smallest absolute Gasteiger partial charge is 0.0702 e. The summed E-state index contributed by atoms with van der Waals surface area (Å²) >= 11 is 0. The van der Waals surface area contributed by atoms with Gasteiger partial charge in [-0.3, -0.25) is 0 Å². The lowest BCUT2D eigenvalue weighted by Crippen LogP contribution is -2.14. The number of hydrogen-bond acceptors (Lipinski definition) is 1. The minimum atomic E-state index is 1.07. The van der Waals surface area contributed by atoms with Crippen LogP contribution in [0.4, 0.5) is 17.1 Å². The van der Waals surface area contributed by atoms with E-state index in [0.717, 1.165) is 28.3 Å². The molecule has 0 aliphatic rings. The highest BCUT2D eigenvalue weighted by Crippen LogP contribution is 2.46. The Morgan fingerprint density at radius 1 is 0.283 bits per heavy atom. The van der Waals surface area contributed by atoms with Crippen LogP contribution in [0, 0.1) is 0 Å². The number of aromatic nitrogens is 1. The average Bonchev–Trinajstić information content (AvgIpc) is 3.66. The highest BCUT2D eigenvalue weighted by atomic mass is 15.2. The van der Waals surface area contributed by atoms with Crippen LogP contribution in [0.5, 0.6) is 0 Å². The van der Waals surface area contributed by atoms with Gasteiger partial charge in [0.1, 0.15) is 0 Å². The average molecular weight is 765 g/mol. The van der Waals surface area contributed by atoms with Crippen LogP contribution < -0.4 is 4.90 Å². The van der Waals surface area contributed by atoms with Crippen molar-refractivity contribution < 1.29 is 0 Å². The zero-order valence-corrected chi connectivity index (χ0v) is 33.0. The Kier molecular flexibility index (Phi) is 8.87. The van der Waals surface area contributed by atoms with E-state index in [1.807, 2.05) is 0 Å². The van der Waals surface area contributed by atoms with Gasteiger partial charge in [-0.05, 0) is 104 Å². The van der Waals surface area contributed by atoms with Gasteiger partial charge in [0.05, 0.1) is 28.1 Å². The molecule has 0 atom stereocenters. The summed E-state index contributed by atoms with van der Waals surface area (Å²) in [5.41, 5.74) is 16.2. The molecule has 0 bridgehead atoms. The van der Waals surface area contributed by atoms with Crippen molar-refractivity contribution in [2.45, 2.75) is 0 Å². The summed E-state index contributed by atoms with van der Waals surface area (Å²) in [5.74, 6) is 0. The number of para-hydroxylation sites is 5. The van der Waals surface area contributed by atoms with E-state index in [-0.39, 0.29) is 0 Å². The highest BCUT2D eigenvalue weighted by Gasteiger charge is 2.23. The lowest BCUT2D eigenvalue weighted by atomic mass is 9.93. The molecule has 2 nitrogen and oxygen atoms in total. The number of anilines is 3. The predicted octanol–water partition coefficient (Wildman–Crippen LogP) is 16.1. The van der Waals surface area contributed by atoms with E-state index < -0.39 is 0 Å². The summed E-state index contributed by atoms with van der Waals surface area (Å²) in [5, 5.41) is 4.98. The molecule has 0 radical (unpaired) electrons. The summed E-state index contributed by atoms with van der Waals surface area (Å²) in [6, 6.07) is 87.9. The molecule has 0 N–H and O–H groups in total. The molecule has 0 fully saturated rings. The summed E-state index contributed by atoms with van der Waals surface area (Å²) < 4.78 is 2.43. The molecule has 0 unspecified atom stereocenters. The van der Waals surface area contributed by atoms with Crippen LogP contribution in [0.15, 0.2) is 243 Å². The molecule has 1 heterocycles. The van der Waals surface area contributed by atoms with Gasteiger partial charge in [0.25, 0.3) is 0 Å². The zero-order chi connectivity index (χ0) is 39.8. The van der Waals surface area contributed by atoms with Crippen molar-refractivity contribution in [3.05, 3.63) is 243 Å². The first-order valence-corrected chi connectivity index (χ1v) is 20.6. The molecule has 2 heteroatoms. The van der Waals surface area contributed by atoms with Crippen molar-refractivity contribution in [2.24, 2.45) is 0 Å². The number of nitrogens with zero attached hydrogens (tertiary/aromatic N) is 2. The second-order valence-electron chi connectivity index (χ2n) is 15.3. The first kappa shape index (κ1) is 35.2. The second-order valence-corrected chi connectivity index (χ2v) is 15.3. The Balaban J connectivity index is 1.10. The van der Waals surface area contributed by atoms with Crippen LogP contribution in [-0.2, 0) is 0 Å². The van der Waals surface area contributed by atoms with Gasteiger partial charge < -0.3 is 9.47 Å². The molecular weight excluding hydrogens is 725 g/mol. The lowest BCUT2D eigenvalue weighted by Gasteiger charge is -2.30. The molecule has 0 saturated carbocycles. The van der Waals surface area contributed by atoms with Crippen molar-refractivity contribution >= 4 is 49.6 Å². The van der Waals surface area contributed by atoms with Crippen molar-refractivity contribution in [1.82, 2.24) is 4.57 Å². The number of rotatable bonds is 8. The summed E-state index contributed by atoms with van der Waals surface area (Å²) in [7, 11) is 0. The van der Waals surface area contributed by atoms with Crippen molar-refractivity contribution in [3.8, 4) is 50.2 Å². The van der Waals surface area contributed by atoms with Gasteiger partial charge in [0, 0.05) is 22.0 Å². The quantitative estimate of drug-likeness (QED) is 0.150. The summed E-state index contributed by atoms with van der Waals surface area (Å²) in [6.07, 6.45) is 0. The minimum absolute atomic E-state index is 1.07. The Hall–Kier alpha value is -7.94. The molecule has 11 rings (SSSR count). The molecular formula is C58H40N2. The fourth-order valence-electron chi connectivity index (χ4n) is 8.97. The van der Waals surface area contributed by atoms with Crippen molar-refractivity contribution in [3.63, 3.8) is 0 Å². The van der Waals surface area contributed by atoms with E-state index in [9.17, 15) is 0 Å². The van der Waals surface area contributed by atoms with E-state index in [2.05, 4.69) is 252 Å². The summed E-state index contributed by atoms with van der Waals surface area (Å²) in [6.45, 7) is 0. The van der Waals surface area contributed by atoms with Gasteiger partial charge in [-0.25, -0.2) is 0 Å². The molecule has 0 aliphatic carbocycles. The topological polar surface area (TPSA) is 8.17 Å². The van der Waals surface area contributed by atoms with E-state index in [1.165, 1.54) is 71.5 Å². The molecule has 0 saturated heterocycles. The fraction of sp³-hybridized carbons (Fsp3) is 0. The largest absolute Gasteiger partial charge is 0.308 e. The zero-order valence-electron chi connectivity index (χ0n) is 33.0. The Morgan fingerprint density at radius 2 is 0.800 bits per heavy atom. The van der Waals surface area contributed by atoms with E-state index in [4.69, 9.17) is 0 Å². The molecule has 1 aromatic heterocycles. The van der Waals surface area contributed by atoms with Crippen LogP contribution in [0.25, 0.3) is 82.8 Å². The normalized spacial score (nSPS) is 11.3. The van der Waals surface area contributed by atoms with Crippen molar-refractivity contribution in [1.29, 1.82) is 0 Å². The number of benzene rings is 10. The molecule has 60 heavy (non-hydrogen) atoms. The molecule has 0 spiro atoms. The van der Waals surface area contributed by atoms with Crippen LogP contribution in [-0.4, -0.2) is 4.57 Å². The maximum absolute atomic E-state index is 2.45. The number of fused-ring (bicyclic) bond motifs is 4. The maximum atomic E-state index is 2.45. The first-order valence-electron chi connectivity index (χ1n) is 20.6. The van der Waals surface area contributed by atoms with Crippen LogP contribution >= 0.6 is 0 Å². The summed E-state index contributed by atoms with van der Waals surface area (Å²) in [4.78, 5) is 2.45. The Labute approximate surface area is 350 Å². The van der Waals surface area contributed by atoms with Crippen LogP contribution in [0.1, 0.15) is 0 Å². The van der Waals surface area contributed by atoms with Gasteiger partial charge in [-0.15, -0.1) is 0 Å². The minimum Gasteiger partial charge on any atom is -0.308 e. The molecule has 0 amide bonds. The third kappa shape index (κ3) is 6.23. The van der Waals surface area contributed by atoms with E-state index in [0.29, 0.717) is 0 Å². The monoisotopic (exact) mass is 764 g/mol. The van der Waals surface area contributed by atoms with Crippen molar-refractivity contribution in [2.75, 3.05) is 4.90 Å². The standard InChI is InChI=1S/C58H40N2/c1-2-18-43(19-3-1)49-23-6-7-24-50(49)51-25-8-11-28-54(51)59(57-31-14-15-32-58(57)60-55-29-12-9-26-52(55)53-27-10-13-30-56(53)60)48-37-35-42(36-38-48)45-21-16-22-46(39-45)47-34-33-41-17-4-5-20-44(41)40-47/h1-40H. The fourth-order valence-corrected chi connectivity index (χ4v) is 8.97. The third-order valence-corrected chi connectivity index (χ3v) is 11.8. The van der Waals surface area contributed by atoms with Gasteiger partial charge in [0.15, 0.2) is 0 Å².